The molecule has 1 amide bonds. The van der Waals surface area contributed by atoms with E-state index in [1.807, 2.05) is 11.8 Å². The molecule has 0 bridgehead atoms. The molecule has 1 atom stereocenters. The summed E-state index contributed by atoms with van der Waals surface area (Å²) in [5, 5.41) is 4.15. The van der Waals surface area contributed by atoms with Gasteiger partial charge in [-0.05, 0) is 33.9 Å². The van der Waals surface area contributed by atoms with Gasteiger partial charge < -0.3 is 15.5 Å². The minimum atomic E-state index is -0.000324. The van der Waals surface area contributed by atoms with Crippen molar-refractivity contribution in [3.05, 3.63) is 11.9 Å². The maximum Gasteiger partial charge on any atom is 0.274 e. The summed E-state index contributed by atoms with van der Waals surface area (Å²) in [6.45, 7) is 7.40. The number of carbonyl (C=O) groups excluding carboxylic acids is 1. The molecular weight excluding hydrogens is 242 g/mol. The summed E-state index contributed by atoms with van der Waals surface area (Å²) in [5.41, 5.74) is 6.89. The number of amides is 1. The van der Waals surface area contributed by atoms with Crippen molar-refractivity contribution in [1.29, 1.82) is 0 Å². The molecule has 1 aromatic rings. The summed E-state index contributed by atoms with van der Waals surface area (Å²) in [6.07, 6.45) is 2.55. The molecule has 2 rings (SSSR count). The van der Waals surface area contributed by atoms with Gasteiger partial charge in [0, 0.05) is 25.7 Å². The Bertz CT molecular complexity index is 456. The van der Waals surface area contributed by atoms with Gasteiger partial charge in [-0.3, -0.25) is 9.48 Å². The Kier molecular flexibility index (Phi) is 4.09. The third-order valence-electron chi connectivity index (χ3n) is 3.68. The molecule has 2 N–H and O–H groups in total. The summed E-state index contributed by atoms with van der Waals surface area (Å²) in [5.74, 6) is -0.000324. The van der Waals surface area contributed by atoms with Gasteiger partial charge in [0.25, 0.3) is 5.91 Å². The van der Waals surface area contributed by atoms with Gasteiger partial charge >= 0.3 is 0 Å². The monoisotopic (exact) mass is 265 g/mol. The van der Waals surface area contributed by atoms with E-state index in [2.05, 4.69) is 24.0 Å². The number of carbonyl (C=O) groups is 1. The number of nitrogens with two attached hydrogens (primary N) is 1. The van der Waals surface area contributed by atoms with Crippen LogP contribution in [0.2, 0.25) is 0 Å². The van der Waals surface area contributed by atoms with Crippen LogP contribution in [0.4, 0.5) is 5.69 Å². The molecule has 0 radical (unpaired) electrons. The molecule has 0 saturated carbocycles. The highest BCUT2D eigenvalue weighted by Crippen LogP contribution is 2.18. The lowest BCUT2D eigenvalue weighted by Gasteiger charge is -2.28. The molecule has 1 unspecified atom stereocenters. The number of aryl methyl sites for hydroxylation is 1. The molecule has 19 heavy (non-hydrogen) atoms. The number of nitrogen functional groups attached to an aromatic ring is 1. The SMILES string of the molecule is CCn1ncc(N)c1C(=O)N1CCCN(C)CC1C. The largest absolute Gasteiger partial charge is 0.396 e. The van der Waals surface area contributed by atoms with E-state index in [1.165, 1.54) is 0 Å². The molecule has 2 heterocycles. The van der Waals surface area contributed by atoms with Crippen molar-refractivity contribution in [2.24, 2.45) is 0 Å². The van der Waals surface area contributed by atoms with E-state index in [4.69, 9.17) is 5.73 Å². The van der Waals surface area contributed by atoms with Crippen LogP contribution in [-0.4, -0.2) is 58.2 Å². The van der Waals surface area contributed by atoms with Gasteiger partial charge in [0.1, 0.15) is 5.69 Å². The smallest absolute Gasteiger partial charge is 0.274 e. The van der Waals surface area contributed by atoms with E-state index in [0.717, 1.165) is 26.1 Å². The minimum Gasteiger partial charge on any atom is -0.396 e. The Labute approximate surface area is 114 Å². The van der Waals surface area contributed by atoms with Gasteiger partial charge in [0.15, 0.2) is 0 Å². The molecule has 1 aliphatic heterocycles. The molecule has 0 aromatic carbocycles. The normalized spacial score (nSPS) is 21.4. The molecular formula is C13H23N5O. The van der Waals surface area contributed by atoms with Crippen molar-refractivity contribution in [2.45, 2.75) is 32.9 Å². The Balaban J connectivity index is 2.25. The average Bonchev–Trinajstić information content (AvgIpc) is 2.65. The predicted octanol–water partition coefficient (Wildman–Crippen LogP) is 0.651. The molecule has 6 nitrogen and oxygen atoms in total. The van der Waals surface area contributed by atoms with Crippen LogP contribution in [0.1, 0.15) is 30.8 Å². The fraction of sp³-hybridized carbons (Fsp3) is 0.692. The summed E-state index contributed by atoms with van der Waals surface area (Å²) in [6, 6.07) is 0.194. The molecule has 106 valence electrons. The van der Waals surface area contributed by atoms with Gasteiger partial charge in [-0.25, -0.2) is 0 Å². The number of rotatable bonds is 2. The van der Waals surface area contributed by atoms with Crippen molar-refractivity contribution >= 4 is 11.6 Å². The second-order valence-corrected chi connectivity index (χ2v) is 5.23. The summed E-state index contributed by atoms with van der Waals surface area (Å²) in [7, 11) is 2.09. The van der Waals surface area contributed by atoms with E-state index < -0.39 is 0 Å². The van der Waals surface area contributed by atoms with E-state index in [9.17, 15) is 4.79 Å². The highest BCUT2D eigenvalue weighted by atomic mass is 16.2. The first-order valence-electron chi connectivity index (χ1n) is 6.85. The van der Waals surface area contributed by atoms with Crippen LogP contribution in [0.5, 0.6) is 0 Å². The zero-order valence-corrected chi connectivity index (χ0v) is 12.0. The number of likely N-dealkylation sites (N-methyl/N-ethyl adjacent to an activating group) is 1. The van der Waals surface area contributed by atoms with Gasteiger partial charge in [-0.15, -0.1) is 0 Å². The quantitative estimate of drug-likeness (QED) is 0.852. The van der Waals surface area contributed by atoms with Crippen molar-refractivity contribution in [3.8, 4) is 0 Å². The summed E-state index contributed by atoms with van der Waals surface area (Å²) in [4.78, 5) is 16.9. The van der Waals surface area contributed by atoms with Crippen LogP contribution in [-0.2, 0) is 6.54 Å². The second kappa shape index (κ2) is 5.61. The third-order valence-corrected chi connectivity index (χ3v) is 3.68. The highest BCUT2D eigenvalue weighted by molar-refractivity contribution is 5.97. The van der Waals surface area contributed by atoms with Crippen molar-refractivity contribution in [2.75, 3.05) is 32.4 Å². The van der Waals surface area contributed by atoms with Crippen molar-refractivity contribution in [1.82, 2.24) is 19.6 Å². The maximum atomic E-state index is 12.7. The lowest BCUT2D eigenvalue weighted by atomic mass is 10.2. The van der Waals surface area contributed by atoms with Gasteiger partial charge in [0.05, 0.1) is 11.9 Å². The van der Waals surface area contributed by atoms with Gasteiger partial charge in [0.2, 0.25) is 0 Å². The van der Waals surface area contributed by atoms with Crippen LogP contribution < -0.4 is 5.73 Å². The van der Waals surface area contributed by atoms with Crippen LogP contribution >= 0.6 is 0 Å². The van der Waals surface area contributed by atoms with E-state index in [-0.39, 0.29) is 11.9 Å². The fourth-order valence-corrected chi connectivity index (χ4v) is 2.68. The van der Waals surface area contributed by atoms with Crippen molar-refractivity contribution < 1.29 is 4.79 Å². The molecule has 0 spiro atoms. The first-order chi connectivity index (χ1) is 9.04. The Hall–Kier alpha value is -1.56. The third kappa shape index (κ3) is 2.73. The molecule has 1 saturated heterocycles. The zero-order chi connectivity index (χ0) is 14.0. The average molecular weight is 265 g/mol. The van der Waals surface area contributed by atoms with Crippen LogP contribution in [0.25, 0.3) is 0 Å². The minimum absolute atomic E-state index is 0.000324. The Morgan fingerprint density at radius 2 is 2.26 bits per heavy atom. The number of hydrogen-bond donors (Lipinski definition) is 1. The predicted molar refractivity (Wildman–Crippen MR) is 74.9 cm³/mol. The summed E-state index contributed by atoms with van der Waals surface area (Å²) >= 11 is 0. The van der Waals surface area contributed by atoms with Crippen molar-refractivity contribution in [3.63, 3.8) is 0 Å². The topological polar surface area (TPSA) is 67.4 Å². The van der Waals surface area contributed by atoms with Crippen LogP contribution in [0.3, 0.4) is 0 Å². The number of aromatic nitrogens is 2. The Morgan fingerprint density at radius 1 is 1.53 bits per heavy atom. The van der Waals surface area contributed by atoms with E-state index in [0.29, 0.717) is 17.9 Å². The number of hydrogen-bond acceptors (Lipinski definition) is 4. The number of anilines is 1. The number of nitrogens with zero attached hydrogens (tertiary/aromatic N) is 4. The van der Waals surface area contributed by atoms with E-state index >= 15 is 0 Å². The fourth-order valence-electron chi connectivity index (χ4n) is 2.68. The first-order valence-corrected chi connectivity index (χ1v) is 6.85. The Morgan fingerprint density at radius 3 is 2.95 bits per heavy atom. The summed E-state index contributed by atoms with van der Waals surface area (Å²) < 4.78 is 1.68. The molecule has 1 fully saturated rings. The molecule has 1 aromatic heterocycles. The standard InChI is InChI=1S/C13H23N5O/c1-4-18-12(11(14)8-15-18)13(19)17-7-5-6-16(3)9-10(17)2/h8,10H,4-7,9,14H2,1-3H3. The molecule has 0 aliphatic carbocycles. The van der Waals surface area contributed by atoms with Gasteiger partial charge in [-0.2, -0.15) is 5.10 Å². The maximum absolute atomic E-state index is 12.7. The second-order valence-electron chi connectivity index (χ2n) is 5.23. The lowest BCUT2D eigenvalue weighted by molar-refractivity contribution is 0.0685. The first kappa shape index (κ1) is 13.9. The van der Waals surface area contributed by atoms with Gasteiger partial charge in [-0.1, -0.05) is 0 Å². The zero-order valence-electron chi connectivity index (χ0n) is 12.0. The highest BCUT2D eigenvalue weighted by Gasteiger charge is 2.28. The van der Waals surface area contributed by atoms with Crippen LogP contribution in [0.15, 0.2) is 6.20 Å². The molecule has 6 heteroatoms. The molecule has 1 aliphatic rings. The lowest BCUT2D eigenvalue weighted by Crippen LogP contribution is -2.43. The van der Waals surface area contributed by atoms with Crippen LogP contribution in [0, 0.1) is 0 Å². The van der Waals surface area contributed by atoms with E-state index in [1.54, 1.807) is 10.9 Å².